The first-order valence-electron chi connectivity index (χ1n) is 8.05. The summed E-state index contributed by atoms with van der Waals surface area (Å²) in [5.41, 5.74) is 2.00. The van der Waals surface area contributed by atoms with Crippen LogP contribution in [-0.2, 0) is 17.8 Å². The van der Waals surface area contributed by atoms with E-state index in [9.17, 15) is 4.79 Å². The van der Waals surface area contributed by atoms with Crippen LogP contribution in [0.3, 0.4) is 0 Å². The van der Waals surface area contributed by atoms with Gasteiger partial charge >= 0.3 is 0 Å². The van der Waals surface area contributed by atoms with Crippen LogP contribution in [-0.4, -0.2) is 25.7 Å². The molecule has 1 aromatic carbocycles. The second kappa shape index (κ2) is 7.71. The first kappa shape index (κ1) is 17.5. The van der Waals surface area contributed by atoms with E-state index in [4.69, 9.17) is 12.2 Å². The highest BCUT2D eigenvalue weighted by Crippen LogP contribution is 2.32. The van der Waals surface area contributed by atoms with Gasteiger partial charge in [0, 0.05) is 6.42 Å². The molecule has 0 fully saturated rings. The number of aromatic amines is 1. The number of benzene rings is 1. The van der Waals surface area contributed by atoms with Crippen molar-refractivity contribution in [2.45, 2.75) is 33.2 Å². The van der Waals surface area contributed by atoms with Crippen molar-refractivity contribution in [1.82, 2.24) is 19.7 Å². The summed E-state index contributed by atoms with van der Waals surface area (Å²) in [7, 11) is 0. The van der Waals surface area contributed by atoms with E-state index in [1.807, 2.05) is 37.3 Å². The molecule has 0 aliphatic heterocycles. The smallest absolute Gasteiger partial charge is 0.246 e. The molecular formula is C17H19N5OS2. The maximum atomic E-state index is 12.4. The van der Waals surface area contributed by atoms with Crippen LogP contribution < -0.4 is 5.32 Å². The third-order valence-corrected chi connectivity index (χ3v) is 5.13. The first-order valence-corrected chi connectivity index (χ1v) is 9.27. The van der Waals surface area contributed by atoms with E-state index in [1.54, 1.807) is 4.57 Å². The highest BCUT2D eigenvalue weighted by molar-refractivity contribution is 7.71. The van der Waals surface area contributed by atoms with Crippen LogP contribution in [0.4, 0.5) is 5.13 Å². The van der Waals surface area contributed by atoms with Gasteiger partial charge in [0.05, 0.1) is 10.6 Å². The van der Waals surface area contributed by atoms with E-state index in [0.717, 1.165) is 34.8 Å². The zero-order valence-corrected chi connectivity index (χ0v) is 15.7. The average molecular weight is 374 g/mol. The molecular weight excluding hydrogens is 354 g/mol. The molecule has 0 unspecified atom stereocenters. The molecule has 8 heteroatoms. The predicted octanol–water partition coefficient (Wildman–Crippen LogP) is 3.96. The number of carbonyl (C=O) groups is 1. The van der Waals surface area contributed by atoms with Gasteiger partial charge in [-0.2, -0.15) is 5.10 Å². The highest BCUT2D eigenvalue weighted by Gasteiger charge is 2.14. The molecule has 0 radical (unpaired) electrons. The number of aromatic nitrogens is 4. The van der Waals surface area contributed by atoms with Crippen molar-refractivity contribution in [3.05, 3.63) is 46.6 Å². The normalized spacial score (nSPS) is 10.8. The standard InChI is InChI=1S/C17H19N5OS2/c1-3-7-13-20-21-17(24)22(13)10-14(23)19-16-18-11(2)15(25-16)12-8-5-4-6-9-12/h4-6,8-9H,3,7,10H2,1-2H3,(H,21,24)(H,18,19,23). The number of nitrogens with one attached hydrogen (secondary N) is 2. The quantitative estimate of drug-likeness (QED) is 0.641. The Morgan fingerprint density at radius 1 is 1.36 bits per heavy atom. The summed E-state index contributed by atoms with van der Waals surface area (Å²) in [5.74, 6) is 0.631. The number of rotatable bonds is 6. The number of carbonyl (C=O) groups excluding carboxylic acids is 1. The molecule has 3 aromatic rings. The van der Waals surface area contributed by atoms with Gasteiger partial charge in [-0.05, 0) is 31.1 Å². The van der Waals surface area contributed by atoms with E-state index in [0.29, 0.717) is 9.90 Å². The number of hydrogen-bond donors (Lipinski definition) is 2. The van der Waals surface area contributed by atoms with Gasteiger partial charge in [0.25, 0.3) is 0 Å². The minimum Gasteiger partial charge on any atom is -0.300 e. The van der Waals surface area contributed by atoms with Crippen molar-refractivity contribution in [3.63, 3.8) is 0 Å². The first-order chi connectivity index (χ1) is 12.1. The fourth-order valence-electron chi connectivity index (χ4n) is 2.54. The Morgan fingerprint density at radius 3 is 2.84 bits per heavy atom. The molecule has 0 bridgehead atoms. The molecule has 2 aromatic heterocycles. The number of anilines is 1. The van der Waals surface area contributed by atoms with Crippen LogP contribution >= 0.6 is 23.6 Å². The van der Waals surface area contributed by atoms with E-state index in [2.05, 4.69) is 27.4 Å². The number of amides is 1. The van der Waals surface area contributed by atoms with Gasteiger partial charge < -0.3 is 5.32 Å². The van der Waals surface area contributed by atoms with Crippen LogP contribution in [0, 0.1) is 11.7 Å². The van der Waals surface area contributed by atoms with Crippen LogP contribution in [0.5, 0.6) is 0 Å². The summed E-state index contributed by atoms with van der Waals surface area (Å²) in [6, 6.07) is 10.0. The largest absolute Gasteiger partial charge is 0.300 e. The molecule has 130 valence electrons. The van der Waals surface area contributed by atoms with Gasteiger partial charge in [-0.1, -0.05) is 48.6 Å². The number of nitrogens with zero attached hydrogens (tertiary/aromatic N) is 3. The van der Waals surface area contributed by atoms with E-state index in [1.165, 1.54) is 11.3 Å². The molecule has 0 aliphatic rings. The zero-order valence-electron chi connectivity index (χ0n) is 14.1. The van der Waals surface area contributed by atoms with Gasteiger partial charge in [-0.25, -0.2) is 4.98 Å². The maximum Gasteiger partial charge on any atom is 0.246 e. The van der Waals surface area contributed by atoms with E-state index in [-0.39, 0.29) is 12.5 Å². The van der Waals surface area contributed by atoms with Crippen molar-refractivity contribution in [2.75, 3.05) is 5.32 Å². The molecule has 0 saturated heterocycles. The van der Waals surface area contributed by atoms with Gasteiger partial charge in [0.1, 0.15) is 12.4 Å². The number of H-pyrrole nitrogens is 1. The number of aryl methyl sites for hydroxylation is 2. The molecule has 1 amide bonds. The summed E-state index contributed by atoms with van der Waals surface area (Å²) < 4.78 is 2.19. The summed E-state index contributed by atoms with van der Waals surface area (Å²) in [6.07, 6.45) is 1.71. The van der Waals surface area contributed by atoms with Crippen LogP contribution in [0.25, 0.3) is 10.4 Å². The Bertz CT molecular complexity index is 926. The third kappa shape index (κ3) is 4.02. The van der Waals surface area contributed by atoms with Gasteiger partial charge in [-0.15, -0.1) is 0 Å². The molecule has 6 nitrogen and oxygen atoms in total. The topological polar surface area (TPSA) is 75.6 Å². The van der Waals surface area contributed by atoms with Crippen LogP contribution in [0.2, 0.25) is 0 Å². The summed E-state index contributed by atoms with van der Waals surface area (Å²) in [5, 5.41) is 10.4. The molecule has 3 rings (SSSR count). The molecule has 0 aliphatic carbocycles. The molecule has 25 heavy (non-hydrogen) atoms. The lowest BCUT2D eigenvalue weighted by molar-refractivity contribution is -0.116. The zero-order chi connectivity index (χ0) is 17.8. The SMILES string of the molecule is CCCc1n[nH]c(=S)n1CC(=O)Nc1nc(C)c(-c2ccccc2)s1. The predicted molar refractivity (Wildman–Crippen MR) is 102 cm³/mol. The van der Waals surface area contributed by atoms with E-state index >= 15 is 0 Å². The minimum atomic E-state index is -0.164. The van der Waals surface area contributed by atoms with Crippen molar-refractivity contribution in [3.8, 4) is 10.4 Å². The second-order valence-electron chi connectivity index (χ2n) is 5.63. The molecule has 0 spiro atoms. The Kier molecular flexibility index (Phi) is 5.40. The fourth-order valence-corrected chi connectivity index (χ4v) is 3.74. The number of thiazole rings is 1. The van der Waals surface area contributed by atoms with Crippen molar-refractivity contribution in [1.29, 1.82) is 0 Å². The van der Waals surface area contributed by atoms with Crippen LogP contribution in [0.15, 0.2) is 30.3 Å². The summed E-state index contributed by atoms with van der Waals surface area (Å²) >= 11 is 6.68. The van der Waals surface area contributed by atoms with Crippen molar-refractivity contribution >= 4 is 34.6 Å². The Hall–Kier alpha value is -2.32. The molecule has 2 heterocycles. The third-order valence-electron chi connectivity index (χ3n) is 3.69. The summed E-state index contributed by atoms with van der Waals surface area (Å²) in [6.45, 7) is 4.13. The average Bonchev–Trinajstić information content (AvgIpc) is 3.13. The summed E-state index contributed by atoms with van der Waals surface area (Å²) in [4.78, 5) is 17.9. The minimum absolute atomic E-state index is 0.129. The monoisotopic (exact) mass is 373 g/mol. The lowest BCUT2D eigenvalue weighted by Gasteiger charge is -2.05. The van der Waals surface area contributed by atoms with E-state index < -0.39 is 0 Å². The highest BCUT2D eigenvalue weighted by atomic mass is 32.1. The second-order valence-corrected chi connectivity index (χ2v) is 7.01. The molecule has 0 atom stereocenters. The van der Waals surface area contributed by atoms with Gasteiger partial charge in [-0.3, -0.25) is 14.5 Å². The Labute approximate surface area is 154 Å². The van der Waals surface area contributed by atoms with Crippen molar-refractivity contribution in [2.24, 2.45) is 0 Å². The number of hydrogen-bond acceptors (Lipinski definition) is 5. The lowest BCUT2D eigenvalue weighted by Crippen LogP contribution is -2.20. The van der Waals surface area contributed by atoms with Gasteiger partial charge in [0.15, 0.2) is 9.90 Å². The van der Waals surface area contributed by atoms with Gasteiger partial charge in [0.2, 0.25) is 5.91 Å². The van der Waals surface area contributed by atoms with Crippen LogP contribution in [0.1, 0.15) is 24.9 Å². The van der Waals surface area contributed by atoms with Crippen molar-refractivity contribution < 1.29 is 4.79 Å². The molecule has 0 saturated carbocycles. The Balaban J connectivity index is 1.74. The fraction of sp³-hybridized carbons (Fsp3) is 0.294. The lowest BCUT2D eigenvalue weighted by atomic mass is 10.2. The molecule has 2 N–H and O–H groups in total. The Morgan fingerprint density at radius 2 is 2.12 bits per heavy atom. The maximum absolute atomic E-state index is 12.4.